The summed E-state index contributed by atoms with van der Waals surface area (Å²) in [4.78, 5) is 14.6. The van der Waals surface area contributed by atoms with E-state index in [1.54, 1.807) is 4.68 Å². The summed E-state index contributed by atoms with van der Waals surface area (Å²) in [6.45, 7) is 1.58. The van der Waals surface area contributed by atoms with Crippen LogP contribution in [0.25, 0.3) is 11.0 Å². The van der Waals surface area contributed by atoms with E-state index in [4.69, 9.17) is 4.74 Å². The van der Waals surface area contributed by atoms with Crippen LogP contribution in [0.2, 0.25) is 0 Å². The maximum Gasteiger partial charge on any atom is 0.244 e. The van der Waals surface area contributed by atoms with E-state index in [1.807, 2.05) is 29.2 Å². The highest BCUT2D eigenvalue weighted by Crippen LogP contribution is 2.29. The molecule has 1 aliphatic carbocycles. The Morgan fingerprint density at radius 3 is 3.19 bits per heavy atom. The Balaban J connectivity index is 1.55. The van der Waals surface area contributed by atoms with Gasteiger partial charge >= 0.3 is 0 Å². The molecule has 0 spiro atoms. The van der Waals surface area contributed by atoms with Gasteiger partial charge < -0.3 is 9.64 Å². The second-order valence-electron chi connectivity index (χ2n) is 5.73. The number of hydrogen-bond donors (Lipinski definition) is 0. The third-order valence-corrected chi connectivity index (χ3v) is 4.51. The molecular formula is C15H18N4O2. The Hall–Kier alpha value is -1.95. The average molecular weight is 286 g/mol. The summed E-state index contributed by atoms with van der Waals surface area (Å²) in [5.41, 5.74) is 1.73. The maximum atomic E-state index is 12.6. The highest BCUT2D eigenvalue weighted by Gasteiger charge is 2.38. The molecule has 1 amide bonds. The monoisotopic (exact) mass is 286 g/mol. The molecule has 2 aliphatic rings. The number of carbonyl (C=O) groups excluding carboxylic acids is 1. The molecule has 6 heteroatoms. The molecule has 2 aromatic rings. The van der Waals surface area contributed by atoms with Crippen molar-refractivity contribution in [1.82, 2.24) is 19.9 Å². The van der Waals surface area contributed by atoms with Crippen molar-refractivity contribution in [1.29, 1.82) is 0 Å². The van der Waals surface area contributed by atoms with Crippen LogP contribution in [-0.2, 0) is 16.1 Å². The lowest BCUT2D eigenvalue weighted by molar-refractivity contribution is -0.144. The van der Waals surface area contributed by atoms with Crippen molar-refractivity contribution >= 4 is 16.9 Å². The normalized spacial score (nSPS) is 25.2. The quantitative estimate of drug-likeness (QED) is 0.832. The summed E-state index contributed by atoms with van der Waals surface area (Å²) in [5.74, 6) is 0.117. The number of morpholine rings is 1. The van der Waals surface area contributed by atoms with Crippen LogP contribution in [0.5, 0.6) is 0 Å². The van der Waals surface area contributed by atoms with Gasteiger partial charge in [-0.05, 0) is 31.4 Å². The van der Waals surface area contributed by atoms with Gasteiger partial charge in [0.2, 0.25) is 5.91 Å². The van der Waals surface area contributed by atoms with Gasteiger partial charge in [0.1, 0.15) is 12.1 Å². The van der Waals surface area contributed by atoms with Crippen molar-refractivity contribution in [2.24, 2.45) is 0 Å². The van der Waals surface area contributed by atoms with Crippen LogP contribution < -0.4 is 0 Å². The summed E-state index contributed by atoms with van der Waals surface area (Å²) in [5, 5.41) is 8.20. The number of carbonyl (C=O) groups is 1. The first-order valence-electron chi connectivity index (χ1n) is 7.52. The van der Waals surface area contributed by atoms with E-state index in [-0.39, 0.29) is 24.6 Å². The molecule has 21 heavy (non-hydrogen) atoms. The fourth-order valence-electron chi connectivity index (χ4n) is 3.49. The Bertz CT molecular complexity index is 668. The number of benzene rings is 1. The van der Waals surface area contributed by atoms with Gasteiger partial charge in [-0.3, -0.25) is 4.79 Å². The molecule has 1 saturated carbocycles. The minimum atomic E-state index is 0.117. The molecule has 0 radical (unpaired) electrons. The van der Waals surface area contributed by atoms with Crippen molar-refractivity contribution in [2.75, 3.05) is 13.2 Å². The maximum absolute atomic E-state index is 12.6. The topological polar surface area (TPSA) is 60.2 Å². The van der Waals surface area contributed by atoms with Gasteiger partial charge in [0.05, 0.1) is 24.3 Å². The molecule has 0 N–H and O–H groups in total. The van der Waals surface area contributed by atoms with Crippen molar-refractivity contribution in [2.45, 2.75) is 38.0 Å². The number of fused-ring (bicyclic) bond motifs is 2. The Kier molecular flexibility index (Phi) is 3.11. The highest BCUT2D eigenvalue weighted by atomic mass is 16.5. The number of aromatic nitrogens is 3. The van der Waals surface area contributed by atoms with Crippen molar-refractivity contribution < 1.29 is 9.53 Å². The van der Waals surface area contributed by atoms with E-state index in [2.05, 4.69) is 10.3 Å². The van der Waals surface area contributed by atoms with Gasteiger partial charge in [-0.1, -0.05) is 17.3 Å². The second kappa shape index (κ2) is 5.11. The predicted octanol–water partition coefficient (Wildman–Crippen LogP) is 1.21. The number of amides is 1. The average Bonchev–Trinajstić information content (AvgIpc) is 3.14. The Labute approximate surface area is 122 Å². The second-order valence-corrected chi connectivity index (χ2v) is 5.73. The smallest absolute Gasteiger partial charge is 0.244 e. The zero-order valence-corrected chi connectivity index (χ0v) is 11.8. The summed E-state index contributed by atoms with van der Waals surface area (Å²) >= 11 is 0. The van der Waals surface area contributed by atoms with Gasteiger partial charge in [-0.15, -0.1) is 5.10 Å². The first kappa shape index (κ1) is 12.8. The standard InChI is InChI=1S/C15H18N4O2/c20-15(18-8-9-21-14-7-3-6-13(14)18)10-19-12-5-2-1-4-11(12)16-17-19/h1-2,4-5,13-14H,3,6-10H2/t13-,14+/m0/s1. The summed E-state index contributed by atoms with van der Waals surface area (Å²) in [7, 11) is 0. The first-order chi connectivity index (χ1) is 10.3. The van der Waals surface area contributed by atoms with Gasteiger partial charge in [-0.25, -0.2) is 4.68 Å². The van der Waals surface area contributed by atoms with Gasteiger partial charge in [-0.2, -0.15) is 0 Å². The molecule has 1 aromatic carbocycles. The van der Waals surface area contributed by atoms with E-state index in [0.29, 0.717) is 13.2 Å². The molecule has 0 unspecified atom stereocenters. The van der Waals surface area contributed by atoms with Crippen molar-refractivity contribution in [3.05, 3.63) is 24.3 Å². The summed E-state index contributed by atoms with van der Waals surface area (Å²) in [6.07, 6.45) is 3.50. The third kappa shape index (κ3) is 2.19. The van der Waals surface area contributed by atoms with Crippen molar-refractivity contribution in [3.8, 4) is 0 Å². The Morgan fingerprint density at radius 1 is 1.33 bits per heavy atom. The molecule has 4 rings (SSSR count). The third-order valence-electron chi connectivity index (χ3n) is 4.51. The van der Waals surface area contributed by atoms with Crippen LogP contribution in [0, 0.1) is 0 Å². The molecule has 2 atom stereocenters. The number of ether oxygens (including phenoxy) is 1. The fraction of sp³-hybridized carbons (Fsp3) is 0.533. The molecule has 1 aliphatic heterocycles. The molecule has 6 nitrogen and oxygen atoms in total. The van der Waals surface area contributed by atoms with E-state index >= 15 is 0 Å². The van der Waals surface area contributed by atoms with Crippen LogP contribution in [0.4, 0.5) is 0 Å². The molecule has 0 bridgehead atoms. The number of rotatable bonds is 2. The number of nitrogens with zero attached hydrogens (tertiary/aromatic N) is 4. The largest absolute Gasteiger partial charge is 0.374 e. The lowest BCUT2D eigenvalue weighted by Crippen LogP contribution is -2.52. The number of hydrogen-bond acceptors (Lipinski definition) is 4. The minimum Gasteiger partial charge on any atom is -0.374 e. The lowest BCUT2D eigenvalue weighted by Gasteiger charge is -2.37. The van der Waals surface area contributed by atoms with Crippen LogP contribution >= 0.6 is 0 Å². The predicted molar refractivity (Wildman–Crippen MR) is 76.6 cm³/mol. The molecular weight excluding hydrogens is 268 g/mol. The molecule has 2 fully saturated rings. The zero-order valence-electron chi connectivity index (χ0n) is 11.8. The van der Waals surface area contributed by atoms with Gasteiger partial charge in [0.25, 0.3) is 0 Å². The SMILES string of the molecule is O=C(Cn1nnc2ccccc21)N1CCO[C@@H]2CCC[C@@H]21. The molecule has 110 valence electrons. The van der Waals surface area contributed by atoms with Crippen molar-refractivity contribution in [3.63, 3.8) is 0 Å². The number of para-hydroxylation sites is 1. The highest BCUT2D eigenvalue weighted by molar-refractivity contribution is 5.80. The van der Waals surface area contributed by atoms with E-state index < -0.39 is 0 Å². The summed E-state index contributed by atoms with van der Waals surface area (Å²) in [6, 6.07) is 7.97. The van der Waals surface area contributed by atoms with Crippen LogP contribution in [0.15, 0.2) is 24.3 Å². The summed E-state index contributed by atoms with van der Waals surface area (Å²) < 4.78 is 7.45. The van der Waals surface area contributed by atoms with Gasteiger partial charge in [0.15, 0.2) is 0 Å². The van der Waals surface area contributed by atoms with E-state index in [0.717, 1.165) is 30.3 Å². The first-order valence-corrected chi connectivity index (χ1v) is 7.52. The van der Waals surface area contributed by atoms with Crippen LogP contribution in [0.3, 0.4) is 0 Å². The lowest BCUT2D eigenvalue weighted by atomic mass is 10.1. The molecule has 1 aromatic heterocycles. The fourth-order valence-corrected chi connectivity index (χ4v) is 3.49. The van der Waals surface area contributed by atoms with E-state index in [9.17, 15) is 4.79 Å². The van der Waals surface area contributed by atoms with Crippen LogP contribution in [-0.4, -0.2) is 51.1 Å². The van der Waals surface area contributed by atoms with Crippen LogP contribution in [0.1, 0.15) is 19.3 Å². The van der Waals surface area contributed by atoms with Gasteiger partial charge in [0, 0.05) is 6.54 Å². The zero-order chi connectivity index (χ0) is 14.2. The molecule has 2 heterocycles. The molecule has 1 saturated heterocycles. The Morgan fingerprint density at radius 2 is 2.24 bits per heavy atom. The van der Waals surface area contributed by atoms with E-state index in [1.165, 1.54) is 0 Å². The minimum absolute atomic E-state index is 0.117.